The van der Waals surface area contributed by atoms with Crippen LogP contribution in [0.5, 0.6) is 11.5 Å². The van der Waals surface area contributed by atoms with Gasteiger partial charge in [0.25, 0.3) is 0 Å². The molecule has 3 aromatic rings. The fraction of sp³-hybridized carbons (Fsp3) is 0.259. The maximum Gasteiger partial charge on any atom is 0.429 e. The van der Waals surface area contributed by atoms with Crippen molar-refractivity contribution in [3.63, 3.8) is 0 Å². The Kier molecular flexibility index (Phi) is 7.21. The van der Waals surface area contributed by atoms with Crippen LogP contribution in [-0.4, -0.2) is 6.61 Å². The van der Waals surface area contributed by atoms with Gasteiger partial charge < -0.3 is 9.47 Å². The third-order valence-corrected chi connectivity index (χ3v) is 6.02. The summed E-state index contributed by atoms with van der Waals surface area (Å²) in [6, 6.07) is 5.48. The molecule has 10 heteroatoms. The summed E-state index contributed by atoms with van der Waals surface area (Å²) in [4.78, 5) is 0. The first-order valence-electron chi connectivity index (χ1n) is 11.2. The van der Waals surface area contributed by atoms with E-state index < -0.39 is 64.2 Å². The number of rotatable bonds is 8. The highest BCUT2D eigenvalue weighted by Gasteiger charge is 2.45. The predicted octanol–water partition coefficient (Wildman–Crippen LogP) is 8.59. The molecule has 2 nitrogen and oxygen atoms in total. The Hall–Kier alpha value is -3.56. The molecule has 196 valence electrons. The molecule has 0 radical (unpaired) electrons. The zero-order valence-electron chi connectivity index (χ0n) is 19.4. The Morgan fingerprint density at radius 3 is 2.03 bits per heavy atom. The van der Waals surface area contributed by atoms with Gasteiger partial charge in [-0.25, -0.2) is 22.0 Å². The minimum absolute atomic E-state index is 0.0391. The first-order chi connectivity index (χ1) is 17.5. The van der Waals surface area contributed by atoms with E-state index in [0.717, 1.165) is 24.3 Å². The van der Waals surface area contributed by atoms with Gasteiger partial charge in [-0.1, -0.05) is 24.3 Å². The molecule has 0 fully saturated rings. The van der Waals surface area contributed by atoms with Gasteiger partial charge in [0, 0.05) is 11.1 Å². The number of halogens is 8. The van der Waals surface area contributed by atoms with Crippen LogP contribution in [0.2, 0.25) is 0 Å². The van der Waals surface area contributed by atoms with Crippen LogP contribution in [0, 0.1) is 23.3 Å². The first kappa shape index (κ1) is 26.5. The fourth-order valence-electron chi connectivity index (χ4n) is 4.25. The molecule has 2 unspecified atom stereocenters. The van der Waals surface area contributed by atoms with Gasteiger partial charge in [-0.05, 0) is 54.7 Å². The Bertz CT molecular complexity index is 1350. The second-order valence-corrected chi connectivity index (χ2v) is 8.26. The maximum absolute atomic E-state index is 15.3. The Morgan fingerprint density at radius 2 is 1.41 bits per heavy atom. The molecule has 1 aliphatic carbocycles. The molecule has 0 heterocycles. The fourth-order valence-corrected chi connectivity index (χ4v) is 4.25. The van der Waals surface area contributed by atoms with Crippen molar-refractivity contribution in [2.24, 2.45) is 0 Å². The lowest BCUT2D eigenvalue weighted by atomic mass is 9.81. The van der Waals surface area contributed by atoms with Gasteiger partial charge in [-0.3, -0.25) is 0 Å². The van der Waals surface area contributed by atoms with Crippen molar-refractivity contribution in [1.82, 2.24) is 0 Å². The highest BCUT2D eigenvalue weighted by molar-refractivity contribution is 5.76. The minimum atomic E-state index is -4.61. The quantitative estimate of drug-likeness (QED) is 0.215. The van der Waals surface area contributed by atoms with Crippen LogP contribution in [-0.2, 0) is 12.5 Å². The zero-order valence-corrected chi connectivity index (χ0v) is 19.4. The lowest BCUT2D eigenvalue weighted by Crippen LogP contribution is -2.26. The van der Waals surface area contributed by atoms with Crippen LogP contribution in [0.15, 0.2) is 49.1 Å². The standard InChI is InChI=1S/C27H20F8O2/c1-3-5-6-13-7-11-18(24(31)21(13)28)37-27(34,35)16-10-8-14-15-9-12-17(36-4-2)23(30)20(15)26(33)25(32)19(14)22(16)29/h3,7-12,25-26H,1,4-6H2,2H3. The highest BCUT2D eigenvalue weighted by Crippen LogP contribution is 2.52. The molecule has 0 N–H and O–H groups in total. The van der Waals surface area contributed by atoms with E-state index in [4.69, 9.17) is 4.74 Å². The molecule has 37 heavy (non-hydrogen) atoms. The van der Waals surface area contributed by atoms with E-state index >= 15 is 8.78 Å². The van der Waals surface area contributed by atoms with Gasteiger partial charge in [0.1, 0.15) is 11.4 Å². The second-order valence-electron chi connectivity index (χ2n) is 8.26. The van der Waals surface area contributed by atoms with Crippen molar-refractivity contribution in [2.45, 2.75) is 38.2 Å². The zero-order chi connectivity index (χ0) is 27.1. The summed E-state index contributed by atoms with van der Waals surface area (Å²) in [6.07, 6.45) is -8.37. The molecule has 0 spiro atoms. The van der Waals surface area contributed by atoms with Crippen molar-refractivity contribution in [3.05, 3.63) is 94.6 Å². The molecule has 0 aromatic heterocycles. The average Bonchev–Trinajstić information content (AvgIpc) is 2.86. The summed E-state index contributed by atoms with van der Waals surface area (Å²) in [7, 11) is 0. The summed E-state index contributed by atoms with van der Waals surface area (Å²) < 4.78 is 128. The van der Waals surface area contributed by atoms with Crippen molar-refractivity contribution < 1.29 is 44.6 Å². The molecule has 0 saturated carbocycles. The van der Waals surface area contributed by atoms with E-state index in [9.17, 15) is 26.3 Å². The summed E-state index contributed by atoms with van der Waals surface area (Å²) >= 11 is 0. The van der Waals surface area contributed by atoms with Crippen LogP contribution in [0.4, 0.5) is 35.1 Å². The van der Waals surface area contributed by atoms with Gasteiger partial charge in [0.15, 0.2) is 35.5 Å². The Morgan fingerprint density at radius 1 is 0.811 bits per heavy atom. The average molecular weight is 528 g/mol. The summed E-state index contributed by atoms with van der Waals surface area (Å²) in [6.45, 7) is 5.04. The van der Waals surface area contributed by atoms with E-state index in [1.165, 1.54) is 12.1 Å². The molecule has 1 aliphatic rings. The number of benzene rings is 3. The minimum Gasteiger partial charge on any atom is -0.491 e. The Labute approximate surface area is 207 Å². The molecule has 4 rings (SSSR count). The summed E-state index contributed by atoms with van der Waals surface area (Å²) in [5.41, 5.74) is -4.03. The number of aryl methyl sites for hydroxylation is 1. The van der Waals surface area contributed by atoms with Crippen molar-refractivity contribution in [1.29, 1.82) is 0 Å². The molecule has 0 amide bonds. The number of hydrogen-bond donors (Lipinski definition) is 0. The van der Waals surface area contributed by atoms with E-state index in [0.29, 0.717) is 12.5 Å². The number of fused-ring (bicyclic) bond motifs is 3. The largest absolute Gasteiger partial charge is 0.491 e. The number of alkyl halides is 4. The van der Waals surface area contributed by atoms with E-state index in [2.05, 4.69) is 11.3 Å². The third-order valence-electron chi connectivity index (χ3n) is 6.02. The van der Waals surface area contributed by atoms with Crippen LogP contribution >= 0.6 is 0 Å². The van der Waals surface area contributed by atoms with E-state index in [1.807, 2.05) is 0 Å². The van der Waals surface area contributed by atoms with Gasteiger partial charge in [-0.15, -0.1) is 6.58 Å². The van der Waals surface area contributed by atoms with Crippen LogP contribution in [0.1, 0.15) is 47.9 Å². The van der Waals surface area contributed by atoms with Crippen molar-refractivity contribution in [3.8, 4) is 22.6 Å². The smallest absolute Gasteiger partial charge is 0.429 e. The molecule has 3 aromatic carbocycles. The normalized spacial score (nSPS) is 16.7. The first-order valence-corrected chi connectivity index (χ1v) is 11.2. The van der Waals surface area contributed by atoms with Gasteiger partial charge in [0.05, 0.1) is 6.61 Å². The summed E-state index contributed by atoms with van der Waals surface area (Å²) in [5, 5.41) is 0. The number of hydrogen-bond acceptors (Lipinski definition) is 2. The molecule has 2 atom stereocenters. The van der Waals surface area contributed by atoms with Crippen molar-refractivity contribution in [2.75, 3.05) is 6.61 Å². The van der Waals surface area contributed by atoms with Crippen molar-refractivity contribution >= 4 is 0 Å². The number of ether oxygens (including phenoxy) is 2. The summed E-state index contributed by atoms with van der Waals surface area (Å²) in [5.74, 6) is -7.75. The highest BCUT2D eigenvalue weighted by atomic mass is 19.3. The second kappa shape index (κ2) is 10.1. The topological polar surface area (TPSA) is 18.5 Å². The van der Waals surface area contributed by atoms with Gasteiger partial charge in [0.2, 0.25) is 5.82 Å². The SMILES string of the molecule is C=CCCc1ccc(OC(F)(F)c2ccc3c(c2F)C(F)C(F)c2c-3ccc(OCC)c2F)c(F)c1F. The van der Waals surface area contributed by atoms with E-state index in [-0.39, 0.29) is 35.5 Å². The predicted molar refractivity (Wildman–Crippen MR) is 120 cm³/mol. The molecular formula is C27H20F8O2. The third kappa shape index (κ3) is 4.53. The molecule has 0 bridgehead atoms. The van der Waals surface area contributed by atoms with Crippen LogP contribution in [0.3, 0.4) is 0 Å². The maximum atomic E-state index is 15.3. The monoisotopic (exact) mass is 528 g/mol. The molecule has 0 saturated heterocycles. The molecule has 0 aliphatic heterocycles. The van der Waals surface area contributed by atoms with Crippen LogP contribution in [0.25, 0.3) is 11.1 Å². The lowest BCUT2D eigenvalue weighted by Gasteiger charge is -2.29. The van der Waals surface area contributed by atoms with E-state index in [1.54, 1.807) is 6.92 Å². The number of allylic oxidation sites excluding steroid dienone is 1. The molecular weight excluding hydrogens is 508 g/mol. The van der Waals surface area contributed by atoms with Gasteiger partial charge in [-0.2, -0.15) is 13.2 Å². The van der Waals surface area contributed by atoms with Crippen LogP contribution < -0.4 is 9.47 Å². The Balaban J connectivity index is 1.75. The lowest BCUT2D eigenvalue weighted by molar-refractivity contribution is -0.189. The van der Waals surface area contributed by atoms with Gasteiger partial charge >= 0.3 is 6.11 Å².